The van der Waals surface area contributed by atoms with E-state index in [1.807, 2.05) is 18.2 Å². The second-order valence-corrected chi connectivity index (χ2v) is 6.07. The topological polar surface area (TPSA) is 76.4 Å². The molecule has 0 spiro atoms. The number of fused-ring (bicyclic) bond motifs is 1. The lowest BCUT2D eigenvalue weighted by molar-refractivity contribution is 0.185. The van der Waals surface area contributed by atoms with Crippen molar-refractivity contribution in [3.63, 3.8) is 0 Å². The Bertz CT molecular complexity index is 687. The molecule has 22 heavy (non-hydrogen) atoms. The maximum absolute atomic E-state index is 11.9. The zero-order chi connectivity index (χ0) is 14.9. The smallest absolute Gasteiger partial charge is 0.319 e. The van der Waals surface area contributed by atoms with E-state index in [0.717, 1.165) is 55.2 Å². The standard InChI is InChI=1S/C16H19N3O3/c20-16(17-8-10-5-6-21-9-10)18-12-3-4-14-13(7-12)19-15(22-14)11-1-2-11/h3-4,7,10-11H,1-2,5-6,8-9H2,(H2,17,18,20)/t10-/m0/s1. The number of ether oxygens (including phenoxy) is 1. The van der Waals surface area contributed by atoms with E-state index in [1.54, 1.807) is 0 Å². The summed E-state index contributed by atoms with van der Waals surface area (Å²) >= 11 is 0. The van der Waals surface area contributed by atoms with Crippen LogP contribution in [0.25, 0.3) is 11.1 Å². The van der Waals surface area contributed by atoms with Gasteiger partial charge in [-0.2, -0.15) is 0 Å². The molecule has 6 heteroatoms. The van der Waals surface area contributed by atoms with Crippen LogP contribution >= 0.6 is 0 Å². The van der Waals surface area contributed by atoms with E-state index >= 15 is 0 Å². The summed E-state index contributed by atoms with van der Waals surface area (Å²) in [6.45, 7) is 2.17. The fourth-order valence-electron chi connectivity index (χ4n) is 2.68. The molecule has 2 N–H and O–H groups in total. The average molecular weight is 301 g/mol. The number of hydrogen-bond donors (Lipinski definition) is 2. The molecule has 1 atom stereocenters. The van der Waals surface area contributed by atoms with Crippen molar-refractivity contribution in [2.24, 2.45) is 5.92 Å². The molecule has 116 valence electrons. The van der Waals surface area contributed by atoms with E-state index in [2.05, 4.69) is 15.6 Å². The van der Waals surface area contributed by atoms with Crippen LogP contribution in [0.4, 0.5) is 10.5 Å². The second kappa shape index (κ2) is 5.61. The number of carbonyl (C=O) groups is 1. The SMILES string of the molecule is O=C(NC[C@@H]1CCOC1)Nc1ccc2oc(C3CC3)nc2c1. The Morgan fingerprint density at radius 2 is 2.23 bits per heavy atom. The van der Waals surface area contributed by atoms with Gasteiger partial charge in [0.25, 0.3) is 0 Å². The monoisotopic (exact) mass is 301 g/mol. The Kier molecular flexibility index (Phi) is 3.46. The Morgan fingerprint density at radius 1 is 1.32 bits per heavy atom. The quantitative estimate of drug-likeness (QED) is 0.910. The molecule has 1 aliphatic carbocycles. The zero-order valence-corrected chi connectivity index (χ0v) is 12.3. The Balaban J connectivity index is 1.38. The van der Waals surface area contributed by atoms with Crippen LogP contribution in [-0.4, -0.2) is 30.8 Å². The minimum atomic E-state index is -0.197. The highest BCUT2D eigenvalue weighted by Crippen LogP contribution is 2.40. The van der Waals surface area contributed by atoms with Crippen LogP contribution in [0.2, 0.25) is 0 Å². The predicted molar refractivity (Wildman–Crippen MR) is 81.9 cm³/mol. The zero-order valence-electron chi connectivity index (χ0n) is 12.3. The van der Waals surface area contributed by atoms with Gasteiger partial charge in [0.2, 0.25) is 0 Å². The van der Waals surface area contributed by atoms with Gasteiger partial charge in [-0.3, -0.25) is 0 Å². The van der Waals surface area contributed by atoms with Gasteiger partial charge in [-0.25, -0.2) is 9.78 Å². The molecular formula is C16H19N3O3. The lowest BCUT2D eigenvalue weighted by Crippen LogP contribution is -2.33. The number of carbonyl (C=O) groups excluding carboxylic acids is 1. The largest absolute Gasteiger partial charge is 0.440 e. The fraction of sp³-hybridized carbons (Fsp3) is 0.500. The summed E-state index contributed by atoms with van der Waals surface area (Å²) in [6, 6.07) is 5.34. The molecular weight excluding hydrogens is 282 g/mol. The van der Waals surface area contributed by atoms with E-state index in [-0.39, 0.29) is 6.03 Å². The second-order valence-electron chi connectivity index (χ2n) is 6.07. The van der Waals surface area contributed by atoms with Crippen molar-refractivity contribution in [2.75, 3.05) is 25.1 Å². The summed E-state index contributed by atoms with van der Waals surface area (Å²) in [4.78, 5) is 16.4. The molecule has 2 amide bonds. The molecule has 1 saturated carbocycles. The summed E-state index contributed by atoms with van der Waals surface area (Å²) in [5.41, 5.74) is 2.29. The average Bonchev–Trinajstić information content (AvgIpc) is 3.08. The first-order chi connectivity index (χ1) is 10.8. The molecule has 0 unspecified atom stereocenters. The highest BCUT2D eigenvalue weighted by Gasteiger charge is 2.28. The third-order valence-electron chi connectivity index (χ3n) is 4.16. The van der Waals surface area contributed by atoms with E-state index in [1.165, 1.54) is 0 Å². The van der Waals surface area contributed by atoms with E-state index < -0.39 is 0 Å². The van der Waals surface area contributed by atoms with Crippen molar-refractivity contribution < 1.29 is 13.9 Å². The van der Waals surface area contributed by atoms with Gasteiger partial charge >= 0.3 is 6.03 Å². The first-order valence-corrected chi connectivity index (χ1v) is 7.81. The van der Waals surface area contributed by atoms with Gasteiger partial charge in [-0.1, -0.05) is 0 Å². The fourth-order valence-corrected chi connectivity index (χ4v) is 2.68. The Labute approximate surface area is 128 Å². The van der Waals surface area contributed by atoms with Gasteiger partial charge < -0.3 is 19.8 Å². The summed E-state index contributed by atoms with van der Waals surface area (Å²) in [6.07, 6.45) is 3.32. The molecule has 1 saturated heterocycles. The maximum Gasteiger partial charge on any atom is 0.319 e. The summed E-state index contributed by atoms with van der Waals surface area (Å²) in [5, 5.41) is 5.72. The molecule has 4 rings (SSSR count). The van der Waals surface area contributed by atoms with Crippen LogP contribution in [0.3, 0.4) is 0 Å². The molecule has 0 bridgehead atoms. The van der Waals surface area contributed by atoms with Crippen LogP contribution in [0.1, 0.15) is 31.1 Å². The number of amides is 2. The van der Waals surface area contributed by atoms with Crippen molar-refractivity contribution in [2.45, 2.75) is 25.2 Å². The molecule has 6 nitrogen and oxygen atoms in total. The number of rotatable bonds is 4. The van der Waals surface area contributed by atoms with Crippen LogP contribution in [0.15, 0.2) is 22.6 Å². The first kappa shape index (κ1) is 13.6. The van der Waals surface area contributed by atoms with Crippen LogP contribution in [0, 0.1) is 5.92 Å². The lowest BCUT2D eigenvalue weighted by atomic mass is 10.1. The Morgan fingerprint density at radius 3 is 3.00 bits per heavy atom. The van der Waals surface area contributed by atoms with Crippen molar-refractivity contribution in [1.29, 1.82) is 0 Å². The molecule has 2 heterocycles. The van der Waals surface area contributed by atoms with Crippen molar-refractivity contribution in [1.82, 2.24) is 10.3 Å². The van der Waals surface area contributed by atoms with E-state index in [9.17, 15) is 4.79 Å². The summed E-state index contributed by atoms with van der Waals surface area (Å²) in [5.74, 6) is 1.73. The van der Waals surface area contributed by atoms with Crippen LogP contribution in [-0.2, 0) is 4.74 Å². The summed E-state index contributed by atoms with van der Waals surface area (Å²) in [7, 11) is 0. The lowest BCUT2D eigenvalue weighted by Gasteiger charge is -2.10. The van der Waals surface area contributed by atoms with Crippen molar-refractivity contribution in [3.05, 3.63) is 24.1 Å². The molecule has 2 aromatic rings. The summed E-state index contributed by atoms with van der Waals surface area (Å²) < 4.78 is 11.0. The number of urea groups is 1. The number of hydrogen-bond acceptors (Lipinski definition) is 4. The molecule has 1 aliphatic heterocycles. The minimum absolute atomic E-state index is 0.197. The van der Waals surface area contributed by atoms with Crippen molar-refractivity contribution in [3.8, 4) is 0 Å². The van der Waals surface area contributed by atoms with Gasteiger partial charge in [0, 0.05) is 30.7 Å². The van der Waals surface area contributed by atoms with Crippen molar-refractivity contribution >= 4 is 22.8 Å². The molecule has 2 aliphatic rings. The highest BCUT2D eigenvalue weighted by molar-refractivity contribution is 5.91. The molecule has 1 aromatic carbocycles. The van der Waals surface area contributed by atoms with Gasteiger partial charge in [0.1, 0.15) is 5.52 Å². The number of oxazole rings is 1. The number of nitrogens with zero attached hydrogens (tertiary/aromatic N) is 1. The van der Waals surface area contributed by atoms with Crippen LogP contribution < -0.4 is 10.6 Å². The molecule has 0 radical (unpaired) electrons. The van der Waals surface area contributed by atoms with Crippen LogP contribution in [0.5, 0.6) is 0 Å². The van der Waals surface area contributed by atoms with Gasteiger partial charge in [-0.15, -0.1) is 0 Å². The number of anilines is 1. The van der Waals surface area contributed by atoms with E-state index in [0.29, 0.717) is 18.4 Å². The first-order valence-electron chi connectivity index (χ1n) is 7.81. The Hall–Kier alpha value is -2.08. The van der Waals surface area contributed by atoms with Gasteiger partial charge in [0.15, 0.2) is 11.5 Å². The number of benzene rings is 1. The van der Waals surface area contributed by atoms with E-state index in [4.69, 9.17) is 9.15 Å². The minimum Gasteiger partial charge on any atom is -0.440 e. The van der Waals surface area contributed by atoms with Gasteiger partial charge in [0.05, 0.1) is 6.61 Å². The number of aromatic nitrogens is 1. The predicted octanol–water partition coefficient (Wildman–Crippen LogP) is 2.86. The number of nitrogens with one attached hydrogen (secondary N) is 2. The third-order valence-corrected chi connectivity index (χ3v) is 4.16. The molecule has 1 aromatic heterocycles. The van der Waals surface area contributed by atoms with Gasteiger partial charge in [-0.05, 0) is 37.5 Å². The molecule has 2 fully saturated rings. The normalized spacial score (nSPS) is 21.2. The highest BCUT2D eigenvalue weighted by atomic mass is 16.5. The maximum atomic E-state index is 11.9. The third kappa shape index (κ3) is 2.92.